The molecule has 38 heavy (non-hydrogen) atoms. The number of halogens is 7. The Morgan fingerprint density at radius 2 is 1.50 bits per heavy atom. The fourth-order valence-corrected chi connectivity index (χ4v) is 3.32. The zero-order chi connectivity index (χ0) is 28.4. The number of carbonyl (C=O) groups is 1. The van der Waals surface area contributed by atoms with Gasteiger partial charge in [0.15, 0.2) is 6.23 Å². The van der Waals surface area contributed by atoms with E-state index in [0.29, 0.717) is 17.7 Å². The Bertz CT molecular complexity index is 1260. The lowest BCUT2D eigenvalue weighted by atomic mass is 10.0. The van der Waals surface area contributed by atoms with Crippen molar-refractivity contribution in [3.63, 3.8) is 0 Å². The number of ether oxygens (including phenoxy) is 1. The van der Waals surface area contributed by atoms with Gasteiger partial charge in [-0.2, -0.15) is 31.3 Å². The number of benzene rings is 2. The van der Waals surface area contributed by atoms with E-state index < -0.39 is 53.5 Å². The fourth-order valence-electron chi connectivity index (χ4n) is 3.32. The minimum absolute atomic E-state index is 0.0118. The maximum atomic E-state index is 13.5. The van der Waals surface area contributed by atoms with Crippen LogP contribution < -0.4 is 4.74 Å². The van der Waals surface area contributed by atoms with Crippen LogP contribution in [0.15, 0.2) is 48.7 Å². The molecule has 0 aliphatic rings. The predicted octanol–water partition coefficient (Wildman–Crippen LogP) is 5.88. The van der Waals surface area contributed by atoms with Gasteiger partial charge in [0.2, 0.25) is 0 Å². The van der Waals surface area contributed by atoms with E-state index in [1.54, 1.807) is 25.9 Å². The summed E-state index contributed by atoms with van der Waals surface area (Å²) in [5.41, 5.74) is -3.10. The Hall–Kier alpha value is -3.74. The lowest BCUT2D eigenvalue weighted by molar-refractivity contribution is -0.143. The summed E-state index contributed by atoms with van der Waals surface area (Å²) in [4.78, 5) is 24.3. The van der Waals surface area contributed by atoms with Gasteiger partial charge in [0.05, 0.1) is 11.1 Å². The van der Waals surface area contributed by atoms with E-state index in [1.165, 1.54) is 25.4 Å². The third-order valence-corrected chi connectivity index (χ3v) is 5.54. The highest BCUT2D eigenvalue weighted by atomic mass is 19.4. The van der Waals surface area contributed by atoms with Gasteiger partial charge in [-0.05, 0) is 62.5 Å². The number of nitrogens with zero attached hydrogens (tertiary/aromatic N) is 4. The average Bonchev–Trinajstić information content (AvgIpc) is 2.82. The molecule has 1 unspecified atom stereocenters. The Kier molecular flexibility index (Phi) is 8.30. The van der Waals surface area contributed by atoms with Crippen molar-refractivity contribution in [3.8, 4) is 17.1 Å². The van der Waals surface area contributed by atoms with E-state index >= 15 is 0 Å². The number of hydrogen-bond acceptors (Lipinski definition) is 5. The van der Waals surface area contributed by atoms with Gasteiger partial charge in [-0.1, -0.05) is 12.1 Å². The number of hydrogen-bond donors (Lipinski definition) is 0. The van der Waals surface area contributed by atoms with Crippen LogP contribution in [0, 0.1) is 5.82 Å². The van der Waals surface area contributed by atoms with Crippen molar-refractivity contribution in [2.75, 3.05) is 21.1 Å². The monoisotopic (exact) mass is 544 g/mol. The molecule has 204 valence electrons. The molecular weight excluding hydrogens is 521 g/mol. The second kappa shape index (κ2) is 10.9. The van der Waals surface area contributed by atoms with Gasteiger partial charge in [-0.15, -0.1) is 0 Å². The van der Waals surface area contributed by atoms with Crippen LogP contribution in [0.3, 0.4) is 0 Å². The second-order valence-corrected chi connectivity index (χ2v) is 8.68. The molecule has 3 rings (SSSR count). The second-order valence-electron chi connectivity index (χ2n) is 8.68. The smallest absolute Gasteiger partial charge is 0.416 e. The molecule has 0 N–H and O–H groups in total. The molecule has 0 spiro atoms. The van der Waals surface area contributed by atoms with Crippen molar-refractivity contribution >= 4 is 5.91 Å². The van der Waals surface area contributed by atoms with Crippen LogP contribution in [0.1, 0.15) is 34.1 Å². The highest BCUT2D eigenvalue weighted by molar-refractivity contribution is 5.98. The summed E-state index contributed by atoms with van der Waals surface area (Å²) in [5.74, 6) is -1.37. The molecule has 0 radical (unpaired) electrons. The Morgan fingerprint density at radius 1 is 0.947 bits per heavy atom. The highest BCUT2D eigenvalue weighted by Crippen LogP contribution is 2.36. The molecular formula is C25H23F7N4O2. The van der Waals surface area contributed by atoms with Crippen molar-refractivity contribution in [3.05, 3.63) is 76.9 Å². The normalized spacial score (nSPS) is 12.9. The number of aromatic nitrogens is 2. The molecule has 2 aromatic carbocycles. The first-order chi connectivity index (χ1) is 17.6. The van der Waals surface area contributed by atoms with Gasteiger partial charge < -0.3 is 9.64 Å². The molecule has 1 atom stereocenters. The maximum Gasteiger partial charge on any atom is 0.416 e. The van der Waals surface area contributed by atoms with Crippen molar-refractivity contribution < 1.29 is 40.3 Å². The van der Waals surface area contributed by atoms with E-state index in [-0.39, 0.29) is 23.3 Å². The van der Waals surface area contributed by atoms with E-state index in [0.717, 1.165) is 17.0 Å². The summed E-state index contributed by atoms with van der Waals surface area (Å²) in [6.45, 7) is 1.10. The third-order valence-electron chi connectivity index (χ3n) is 5.54. The summed E-state index contributed by atoms with van der Waals surface area (Å²) in [6, 6.07) is 5.96. The molecule has 1 amide bonds. The van der Waals surface area contributed by atoms with E-state index in [9.17, 15) is 35.5 Å². The van der Waals surface area contributed by atoms with Gasteiger partial charge in [0.25, 0.3) is 5.91 Å². The minimum atomic E-state index is -5.03. The molecule has 6 nitrogen and oxygen atoms in total. The molecule has 0 saturated carbocycles. The first-order valence-corrected chi connectivity index (χ1v) is 11.1. The van der Waals surface area contributed by atoms with Crippen LogP contribution in [0.2, 0.25) is 0 Å². The van der Waals surface area contributed by atoms with E-state index in [2.05, 4.69) is 9.97 Å². The average molecular weight is 544 g/mol. The largest absolute Gasteiger partial charge is 0.444 e. The van der Waals surface area contributed by atoms with Crippen molar-refractivity contribution in [2.45, 2.75) is 32.0 Å². The number of carbonyl (C=O) groups excluding carboxylic acids is 1. The summed E-state index contributed by atoms with van der Waals surface area (Å²) in [6.07, 6.45) is -9.30. The van der Waals surface area contributed by atoms with Crippen LogP contribution in [-0.2, 0) is 18.9 Å². The molecule has 1 aromatic heterocycles. The number of amides is 1. The van der Waals surface area contributed by atoms with Crippen LogP contribution in [-0.4, -0.2) is 53.0 Å². The van der Waals surface area contributed by atoms with Gasteiger partial charge in [-0.3, -0.25) is 9.69 Å². The highest BCUT2D eigenvalue weighted by Gasteiger charge is 2.37. The molecule has 0 aliphatic carbocycles. The van der Waals surface area contributed by atoms with Gasteiger partial charge >= 0.3 is 18.4 Å². The molecule has 1 heterocycles. The number of alkyl halides is 6. The lowest BCUT2D eigenvalue weighted by Crippen LogP contribution is -2.31. The predicted molar refractivity (Wildman–Crippen MR) is 123 cm³/mol. The lowest BCUT2D eigenvalue weighted by Gasteiger charge is -2.22. The molecule has 0 saturated heterocycles. The summed E-state index contributed by atoms with van der Waals surface area (Å²) >= 11 is 0. The van der Waals surface area contributed by atoms with Crippen LogP contribution >= 0.6 is 0 Å². The van der Waals surface area contributed by atoms with E-state index in [4.69, 9.17) is 4.74 Å². The fraction of sp³-hybridized carbons (Fsp3) is 0.320. The van der Waals surface area contributed by atoms with Crippen molar-refractivity contribution in [2.24, 2.45) is 0 Å². The minimum Gasteiger partial charge on any atom is -0.444 e. The Labute approximate surface area is 213 Å². The Morgan fingerprint density at radius 3 is 2.00 bits per heavy atom. The standard InChI is InChI=1S/C25H23F7N4O2/c1-14(35(2)3)38-23-33-12-20(16-5-7-19(26)8-6-16)21(34-23)22(37)36(4)13-15-9-17(24(27,28)29)11-18(10-15)25(30,31)32/h5-12,14H,13H2,1-4H3. The summed E-state index contributed by atoms with van der Waals surface area (Å²) in [7, 11) is 4.65. The Balaban J connectivity index is 2.02. The third kappa shape index (κ3) is 6.97. The molecule has 0 fully saturated rings. The van der Waals surface area contributed by atoms with Crippen LogP contribution in [0.4, 0.5) is 30.7 Å². The van der Waals surface area contributed by atoms with Gasteiger partial charge in [0, 0.05) is 25.4 Å². The molecule has 3 aromatic rings. The first kappa shape index (κ1) is 28.8. The van der Waals surface area contributed by atoms with Crippen LogP contribution in [0.5, 0.6) is 6.01 Å². The first-order valence-electron chi connectivity index (χ1n) is 11.1. The SMILES string of the molecule is CC(Oc1ncc(-c2ccc(F)cc2)c(C(=O)N(C)Cc2cc(C(F)(F)F)cc(C(F)(F)F)c2)n1)N(C)C. The zero-order valence-corrected chi connectivity index (χ0v) is 20.7. The zero-order valence-electron chi connectivity index (χ0n) is 20.7. The van der Waals surface area contributed by atoms with Crippen LogP contribution in [0.25, 0.3) is 11.1 Å². The van der Waals surface area contributed by atoms with Gasteiger partial charge in [-0.25, -0.2) is 9.37 Å². The quantitative estimate of drug-likeness (QED) is 0.275. The summed E-state index contributed by atoms with van der Waals surface area (Å²) in [5, 5.41) is 0. The van der Waals surface area contributed by atoms with Crippen molar-refractivity contribution in [1.82, 2.24) is 19.8 Å². The molecule has 0 aliphatic heterocycles. The van der Waals surface area contributed by atoms with Crippen molar-refractivity contribution in [1.29, 1.82) is 0 Å². The number of rotatable bonds is 7. The van der Waals surface area contributed by atoms with Gasteiger partial charge in [0.1, 0.15) is 11.5 Å². The summed E-state index contributed by atoms with van der Waals surface area (Å²) < 4.78 is 98.6. The maximum absolute atomic E-state index is 13.5. The molecule has 0 bridgehead atoms. The topological polar surface area (TPSA) is 58.6 Å². The van der Waals surface area contributed by atoms with E-state index in [1.807, 2.05) is 0 Å². The molecule has 13 heteroatoms.